The molecule has 5 heteroatoms. The summed E-state index contributed by atoms with van der Waals surface area (Å²) in [7, 11) is 0. The van der Waals surface area contributed by atoms with Crippen LogP contribution >= 0.6 is 12.4 Å². The topological polar surface area (TPSA) is 63.6 Å². The second kappa shape index (κ2) is 12.0. The third-order valence-corrected chi connectivity index (χ3v) is 3.35. The molecule has 1 aromatic carbocycles. The molecule has 0 bridgehead atoms. The van der Waals surface area contributed by atoms with Crippen LogP contribution in [-0.2, 0) is 4.74 Å². The third-order valence-electron chi connectivity index (χ3n) is 3.35. The Morgan fingerprint density at radius 3 is 1.95 bits per heavy atom. The molecule has 124 valence electrons. The molecule has 1 N–H and O–H groups in total. The lowest BCUT2D eigenvalue weighted by Crippen LogP contribution is -2.07. The van der Waals surface area contributed by atoms with Crippen molar-refractivity contribution in [2.24, 2.45) is 0 Å². The summed E-state index contributed by atoms with van der Waals surface area (Å²) in [6, 6.07) is 5.78. The van der Waals surface area contributed by atoms with E-state index in [0.717, 1.165) is 12.8 Å². The van der Waals surface area contributed by atoms with Crippen molar-refractivity contribution >= 4 is 24.3 Å². The average Bonchev–Trinajstić information content (AvgIpc) is 2.49. The van der Waals surface area contributed by atoms with E-state index in [9.17, 15) is 9.59 Å². The van der Waals surface area contributed by atoms with E-state index in [1.165, 1.54) is 56.4 Å². The highest BCUT2D eigenvalue weighted by Crippen LogP contribution is 2.09. The molecule has 0 aliphatic rings. The van der Waals surface area contributed by atoms with Crippen LogP contribution in [-0.4, -0.2) is 23.7 Å². The van der Waals surface area contributed by atoms with E-state index in [1.54, 1.807) is 0 Å². The van der Waals surface area contributed by atoms with Gasteiger partial charge in [0.25, 0.3) is 0 Å². The largest absolute Gasteiger partial charge is 0.478 e. The van der Waals surface area contributed by atoms with Crippen molar-refractivity contribution in [2.45, 2.75) is 51.9 Å². The van der Waals surface area contributed by atoms with Crippen molar-refractivity contribution in [3.63, 3.8) is 0 Å². The summed E-state index contributed by atoms with van der Waals surface area (Å²) in [5.41, 5.74) is 0.557. The number of aromatic carboxylic acids is 1. The minimum Gasteiger partial charge on any atom is -0.478 e. The van der Waals surface area contributed by atoms with Crippen LogP contribution in [0.25, 0.3) is 0 Å². The molecule has 0 radical (unpaired) electrons. The molecule has 0 saturated heterocycles. The van der Waals surface area contributed by atoms with Crippen LogP contribution in [0.1, 0.15) is 72.6 Å². The molecular weight excluding hydrogens is 304 g/mol. The number of benzene rings is 1. The number of halogens is 1. The number of esters is 1. The second-order valence-corrected chi connectivity index (χ2v) is 5.14. The smallest absolute Gasteiger partial charge is 0.338 e. The Hall–Kier alpha value is -1.55. The van der Waals surface area contributed by atoms with Gasteiger partial charge in [-0.1, -0.05) is 45.4 Å². The van der Waals surface area contributed by atoms with Gasteiger partial charge in [-0.05, 0) is 30.7 Å². The fourth-order valence-electron chi connectivity index (χ4n) is 2.06. The highest BCUT2D eigenvalue weighted by molar-refractivity contribution is 5.92. The number of rotatable bonds is 10. The summed E-state index contributed by atoms with van der Waals surface area (Å²) in [5.74, 6) is -1.39. The van der Waals surface area contributed by atoms with Crippen molar-refractivity contribution in [3.8, 4) is 0 Å². The van der Waals surface area contributed by atoms with Gasteiger partial charge in [0.2, 0.25) is 0 Å². The van der Waals surface area contributed by atoms with Gasteiger partial charge in [0.15, 0.2) is 0 Å². The summed E-state index contributed by atoms with van der Waals surface area (Å²) in [6.07, 6.45) is 8.22. The maximum absolute atomic E-state index is 11.7. The first kappa shape index (κ1) is 20.5. The molecule has 0 aliphatic heterocycles. The maximum atomic E-state index is 11.7. The Balaban J connectivity index is 0.00000441. The molecule has 0 fully saturated rings. The first-order chi connectivity index (χ1) is 10.1. The Labute approximate surface area is 138 Å². The number of unbranched alkanes of at least 4 members (excludes halogenated alkanes) is 6. The second-order valence-electron chi connectivity index (χ2n) is 5.14. The highest BCUT2D eigenvalue weighted by Gasteiger charge is 2.08. The van der Waals surface area contributed by atoms with Gasteiger partial charge >= 0.3 is 11.9 Å². The van der Waals surface area contributed by atoms with Gasteiger partial charge in [0.05, 0.1) is 17.7 Å². The Kier molecular flexibility index (Phi) is 11.2. The summed E-state index contributed by atoms with van der Waals surface area (Å²) in [6.45, 7) is 2.62. The molecule has 1 aromatic rings. The molecule has 1 rings (SSSR count). The van der Waals surface area contributed by atoms with E-state index in [1.807, 2.05) is 0 Å². The quantitative estimate of drug-likeness (QED) is 0.499. The molecular formula is C17H25ClO4. The molecule has 0 atom stereocenters. The lowest BCUT2D eigenvalue weighted by molar-refractivity contribution is 0.0496. The van der Waals surface area contributed by atoms with Crippen molar-refractivity contribution < 1.29 is 19.4 Å². The van der Waals surface area contributed by atoms with E-state index in [2.05, 4.69) is 6.92 Å². The van der Waals surface area contributed by atoms with Gasteiger partial charge in [-0.3, -0.25) is 0 Å². The molecule has 22 heavy (non-hydrogen) atoms. The van der Waals surface area contributed by atoms with Crippen LogP contribution in [0.3, 0.4) is 0 Å². The van der Waals surface area contributed by atoms with Crippen molar-refractivity contribution in [1.29, 1.82) is 0 Å². The summed E-state index contributed by atoms with van der Waals surface area (Å²) < 4.78 is 5.17. The van der Waals surface area contributed by atoms with Gasteiger partial charge in [0.1, 0.15) is 0 Å². The van der Waals surface area contributed by atoms with Gasteiger partial charge in [-0.2, -0.15) is 0 Å². The first-order valence-electron chi connectivity index (χ1n) is 7.65. The fourth-order valence-corrected chi connectivity index (χ4v) is 2.06. The molecule has 0 aromatic heterocycles. The maximum Gasteiger partial charge on any atom is 0.338 e. The Bertz CT molecular complexity index is 442. The zero-order valence-electron chi connectivity index (χ0n) is 13.0. The molecule has 0 unspecified atom stereocenters. The van der Waals surface area contributed by atoms with Crippen LogP contribution in [0, 0.1) is 0 Å². The van der Waals surface area contributed by atoms with Crippen LogP contribution in [0.15, 0.2) is 24.3 Å². The average molecular weight is 329 g/mol. The molecule has 4 nitrogen and oxygen atoms in total. The van der Waals surface area contributed by atoms with E-state index >= 15 is 0 Å². The summed E-state index contributed by atoms with van der Waals surface area (Å²) in [4.78, 5) is 22.4. The molecule has 0 amide bonds. The summed E-state index contributed by atoms with van der Waals surface area (Å²) >= 11 is 0. The van der Waals surface area contributed by atoms with E-state index in [4.69, 9.17) is 9.84 Å². The van der Waals surface area contributed by atoms with Gasteiger partial charge in [-0.15, -0.1) is 12.4 Å². The zero-order chi connectivity index (χ0) is 15.5. The Morgan fingerprint density at radius 2 is 1.41 bits per heavy atom. The number of hydrogen-bond acceptors (Lipinski definition) is 3. The van der Waals surface area contributed by atoms with Gasteiger partial charge in [-0.25, -0.2) is 9.59 Å². The molecule has 0 saturated carbocycles. The van der Waals surface area contributed by atoms with Gasteiger partial charge in [0, 0.05) is 0 Å². The minimum atomic E-state index is -1.00. The van der Waals surface area contributed by atoms with Crippen LogP contribution < -0.4 is 0 Å². The minimum absolute atomic E-state index is 0. The summed E-state index contributed by atoms with van der Waals surface area (Å²) in [5, 5.41) is 8.78. The van der Waals surface area contributed by atoms with E-state index in [0.29, 0.717) is 12.2 Å². The number of carbonyl (C=O) groups excluding carboxylic acids is 1. The standard InChI is InChI=1S/C17H24O4.ClH/c1-2-3-4-5-6-7-8-13-21-17(20)15-11-9-14(10-12-15)16(18)19;/h9-12H,2-8,13H2,1H3,(H,18,19);1H. The van der Waals surface area contributed by atoms with E-state index in [-0.39, 0.29) is 18.0 Å². The number of ether oxygens (including phenoxy) is 1. The van der Waals surface area contributed by atoms with E-state index < -0.39 is 11.9 Å². The first-order valence-corrected chi connectivity index (χ1v) is 7.65. The lowest BCUT2D eigenvalue weighted by Gasteiger charge is -2.05. The Morgan fingerprint density at radius 1 is 0.909 bits per heavy atom. The molecule has 0 spiro atoms. The predicted molar refractivity (Wildman–Crippen MR) is 88.9 cm³/mol. The predicted octanol–water partition coefficient (Wildman–Crippen LogP) is 4.71. The molecule has 0 heterocycles. The monoisotopic (exact) mass is 328 g/mol. The normalized spacial score (nSPS) is 9.86. The van der Waals surface area contributed by atoms with Gasteiger partial charge < -0.3 is 9.84 Å². The third kappa shape index (κ3) is 8.03. The van der Waals surface area contributed by atoms with Crippen molar-refractivity contribution in [2.75, 3.05) is 6.61 Å². The number of hydrogen-bond donors (Lipinski definition) is 1. The van der Waals surface area contributed by atoms with Crippen LogP contribution in [0.5, 0.6) is 0 Å². The van der Waals surface area contributed by atoms with Crippen molar-refractivity contribution in [1.82, 2.24) is 0 Å². The zero-order valence-corrected chi connectivity index (χ0v) is 13.9. The highest BCUT2D eigenvalue weighted by atomic mass is 35.5. The SMILES string of the molecule is CCCCCCCCCOC(=O)c1ccc(C(=O)O)cc1.Cl. The number of carbonyl (C=O) groups is 2. The van der Waals surface area contributed by atoms with Crippen molar-refractivity contribution in [3.05, 3.63) is 35.4 Å². The molecule has 0 aliphatic carbocycles. The van der Waals surface area contributed by atoms with Crippen LogP contribution in [0.2, 0.25) is 0 Å². The van der Waals surface area contributed by atoms with Crippen LogP contribution in [0.4, 0.5) is 0 Å². The lowest BCUT2D eigenvalue weighted by atomic mass is 10.1. The fraction of sp³-hybridized carbons (Fsp3) is 0.529. The number of carboxylic acids is 1. The number of carboxylic acid groups (broad SMARTS) is 1.